The van der Waals surface area contributed by atoms with Crippen molar-refractivity contribution < 1.29 is 14.6 Å². The van der Waals surface area contributed by atoms with Crippen LogP contribution in [0.5, 0.6) is 0 Å². The van der Waals surface area contributed by atoms with Crippen molar-refractivity contribution in [3.05, 3.63) is 0 Å². The SMILES string of the molecule is NCC[C@H]1CC[C@@H](NC(=O)C2CCCC2)[C@H](CO)O1. The molecule has 0 bridgehead atoms. The first-order valence-corrected chi connectivity index (χ1v) is 7.51. The van der Waals surface area contributed by atoms with Crippen LogP contribution in [0.2, 0.25) is 0 Å². The van der Waals surface area contributed by atoms with Crippen molar-refractivity contribution in [2.24, 2.45) is 11.7 Å². The van der Waals surface area contributed by atoms with E-state index in [1.807, 2.05) is 0 Å². The number of nitrogens with one attached hydrogen (secondary N) is 1. The maximum atomic E-state index is 12.1. The lowest BCUT2D eigenvalue weighted by atomic mass is 9.96. The molecule has 2 rings (SSSR count). The summed E-state index contributed by atoms with van der Waals surface area (Å²) in [5.74, 6) is 0.308. The lowest BCUT2D eigenvalue weighted by Crippen LogP contribution is -2.52. The number of hydrogen-bond acceptors (Lipinski definition) is 4. The summed E-state index contributed by atoms with van der Waals surface area (Å²) >= 11 is 0. The summed E-state index contributed by atoms with van der Waals surface area (Å²) in [5, 5.41) is 12.5. The smallest absolute Gasteiger partial charge is 0.223 e. The van der Waals surface area contributed by atoms with E-state index >= 15 is 0 Å². The van der Waals surface area contributed by atoms with Crippen LogP contribution in [-0.2, 0) is 9.53 Å². The molecule has 1 amide bonds. The molecule has 1 saturated heterocycles. The number of nitrogens with two attached hydrogens (primary N) is 1. The molecular weight excluding hydrogens is 244 g/mol. The van der Waals surface area contributed by atoms with Gasteiger partial charge in [0, 0.05) is 5.92 Å². The molecule has 4 N–H and O–H groups in total. The van der Waals surface area contributed by atoms with E-state index in [0.29, 0.717) is 6.54 Å². The highest BCUT2D eigenvalue weighted by Crippen LogP contribution is 2.26. The van der Waals surface area contributed by atoms with Crippen molar-refractivity contribution in [2.75, 3.05) is 13.2 Å². The van der Waals surface area contributed by atoms with Gasteiger partial charge in [0.05, 0.1) is 18.8 Å². The number of ether oxygens (including phenoxy) is 1. The lowest BCUT2D eigenvalue weighted by molar-refractivity contribution is -0.131. The van der Waals surface area contributed by atoms with Gasteiger partial charge in [-0.1, -0.05) is 12.8 Å². The summed E-state index contributed by atoms with van der Waals surface area (Å²) in [6.07, 6.45) is 6.75. The van der Waals surface area contributed by atoms with Gasteiger partial charge in [0.25, 0.3) is 0 Å². The molecule has 0 unspecified atom stereocenters. The van der Waals surface area contributed by atoms with Gasteiger partial charge in [-0.15, -0.1) is 0 Å². The number of amides is 1. The zero-order chi connectivity index (χ0) is 13.7. The molecule has 0 aromatic heterocycles. The predicted molar refractivity (Wildman–Crippen MR) is 72.5 cm³/mol. The van der Waals surface area contributed by atoms with Crippen LogP contribution in [0.3, 0.4) is 0 Å². The first-order valence-electron chi connectivity index (χ1n) is 7.51. The minimum atomic E-state index is -0.282. The third kappa shape index (κ3) is 3.91. The molecule has 19 heavy (non-hydrogen) atoms. The summed E-state index contributed by atoms with van der Waals surface area (Å²) in [4.78, 5) is 12.1. The van der Waals surface area contributed by atoms with Crippen LogP contribution in [0, 0.1) is 5.92 Å². The second kappa shape index (κ2) is 7.22. The maximum Gasteiger partial charge on any atom is 0.223 e. The molecule has 5 heteroatoms. The van der Waals surface area contributed by atoms with Crippen LogP contribution < -0.4 is 11.1 Å². The average Bonchev–Trinajstić information content (AvgIpc) is 2.94. The summed E-state index contributed by atoms with van der Waals surface area (Å²) in [7, 11) is 0. The summed E-state index contributed by atoms with van der Waals surface area (Å²) in [6.45, 7) is 0.554. The Bertz CT molecular complexity index is 292. The van der Waals surface area contributed by atoms with E-state index in [4.69, 9.17) is 10.5 Å². The summed E-state index contributed by atoms with van der Waals surface area (Å²) in [6, 6.07) is -0.0490. The highest BCUT2D eigenvalue weighted by molar-refractivity contribution is 5.79. The van der Waals surface area contributed by atoms with Gasteiger partial charge in [-0.25, -0.2) is 0 Å². The molecule has 0 aromatic rings. The van der Waals surface area contributed by atoms with Crippen LogP contribution in [0.1, 0.15) is 44.9 Å². The van der Waals surface area contributed by atoms with Gasteiger partial charge >= 0.3 is 0 Å². The fourth-order valence-corrected chi connectivity index (χ4v) is 3.18. The van der Waals surface area contributed by atoms with Gasteiger partial charge in [-0.3, -0.25) is 4.79 Å². The number of carbonyl (C=O) groups excluding carboxylic acids is 1. The second-order valence-corrected chi connectivity index (χ2v) is 5.73. The van der Waals surface area contributed by atoms with Gasteiger partial charge in [0.15, 0.2) is 0 Å². The fraction of sp³-hybridized carbons (Fsp3) is 0.929. The minimum absolute atomic E-state index is 0.0450. The van der Waals surface area contributed by atoms with Gasteiger partial charge in [-0.05, 0) is 38.6 Å². The molecule has 2 aliphatic rings. The quantitative estimate of drug-likeness (QED) is 0.681. The van der Waals surface area contributed by atoms with E-state index in [0.717, 1.165) is 44.9 Å². The average molecular weight is 270 g/mol. The number of aliphatic hydroxyl groups is 1. The summed E-state index contributed by atoms with van der Waals surface area (Å²) in [5.41, 5.74) is 5.53. The van der Waals surface area contributed by atoms with Crippen LogP contribution in [0.15, 0.2) is 0 Å². The third-order valence-electron chi connectivity index (χ3n) is 4.34. The number of aliphatic hydroxyl groups excluding tert-OH is 1. The minimum Gasteiger partial charge on any atom is -0.394 e. The maximum absolute atomic E-state index is 12.1. The monoisotopic (exact) mass is 270 g/mol. The van der Waals surface area contributed by atoms with Crippen molar-refractivity contribution in [1.82, 2.24) is 5.32 Å². The standard InChI is InChI=1S/C14H26N2O3/c15-8-7-11-5-6-12(13(9-17)19-11)16-14(18)10-3-1-2-4-10/h10-13,17H,1-9,15H2,(H,16,18)/t11-,12-,13+/m1/s1. The van der Waals surface area contributed by atoms with Gasteiger partial charge in [-0.2, -0.15) is 0 Å². The van der Waals surface area contributed by atoms with Crippen molar-refractivity contribution in [3.8, 4) is 0 Å². The Morgan fingerprint density at radius 3 is 2.63 bits per heavy atom. The van der Waals surface area contributed by atoms with Crippen LogP contribution in [0.25, 0.3) is 0 Å². The van der Waals surface area contributed by atoms with E-state index in [2.05, 4.69) is 5.32 Å². The fourth-order valence-electron chi connectivity index (χ4n) is 3.18. The van der Waals surface area contributed by atoms with Crippen molar-refractivity contribution in [2.45, 2.75) is 63.2 Å². The highest BCUT2D eigenvalue weighted by Gasteiger charge is 2.33. The molecule has 110 valence electrons. The topological polar surface area (TPSA) is 84.6 Å². The zero-order valence-corrected chi connectivity index (χ0v) is 11.5. The molecule has 1 aliphatic carbocycles. The van der Waals surface area contributed by atoms with E-state index in [9.17, 15) is 9.90 Å². The zero-order valence-electron chi connectivity index (χ0n) is 11.5. The molecule has 0 radical (unpaired) electrons. The molecule has 1 aliphatic heterocycles. The van der Waals surface area contributed by atoms with Crippen LogP contribution in [0.4, 0.5) is 0 Å². The highest BCUT2D eigenvalue weighted by atomic mass is 16.5. The molecule has 1 saturated carbocycles. The lowest BCUT2D eigenvalue weighted by Gasteiger charge is -2.36. The van der Waals surface area contributed by atoms with Crippen LogP contribution >= 0.6 is 0 Å². The first-order chi connectivity index (χ1) is 9.24. The van der Waals surface area contributed by atoms with Crippen molar-refractivity contribution in [3.63, 3.8) is 0 Å². The molecule has 1 heterocycles. The Hall–Kier alpha value is -0.650. The molecule has 0 spiro atoms. The second-order valence-electron chi connectivity index (χ2n) is 5.73. The summed E-state index contributed by atoms with van der Waals surface area (Å²) < 4.78 is 5.81. The Labute approximate surface area is 114 Å². The molecule has 3 atom stereocenters. The third-order valence-corrected chi connectivity index (χ3v) is 4.34. The van der Waals surface area contributed by atoms with Crippen molar-refractivity contribution >= 4 is 5.91 Å². The largest absolute Gasteiger partial charge is 0.394 e. The van der Waals surface area contributed by atoms with Crippen LogP contribution in [-0.4, -0.2) is 42.4 Å². The predicted octanol–water partition coefficient (Wildman–Crippen LogP) is 0.550. The molecule has 0 aromatic carbocycles. The number of rotatable bonds is 5. The molecule has 2 fully saturated rings. The van der Waals surface area contributed by atoms with E-state index in [-0.39, 0.29) is 36.7 Å². The van der Waals surface area contributed by atoms with Gasteiger partial charge in [0.2, 0.25) is 5.91 Å². The Morgan fingerprint density at radius 2 is 2.00 bits per heavy atom. The Kier molecular flexibility index (Phi) is 5.60. The molecular formula is C14H26N2O3. The Morgan fingerprint density at radius 1 is 1.26 bits per heavy atom. The normalized spacial score (nSPS) is 32.4. The molecule has 5 nitrogen and oxygen atoms in total. The van der Waals surface area contributed by atoms with E-state index < -0.39 is 0 Å². The number of carbonyl (C=O) groups is 1. The van der Waals surface area contributed by atoms with Gasteiger partial charge < -0.3 is 20.9 Å². The van der Waals surface area contributed by atoms with Gasteiger partial charge in [0.1, 0.15) is 6.10 Å². The van der Waals surface area contributed by atoms with E-state index in [1.54, 1.807) is 0 Å². The van der Waals surface area contributed by atoms with Crippen molar-refractivity contribution in [1.29, 1.82) is 0 Å². The first kappa shape index (κ1) is 14.8. The Balaban J connectivity index is 1.83. The van der Waals surface area contributed by atoms with E-state index in [1.165, 1.54) is 0 Å². The number of hydrogen-bond donors (Lipinski definition) is 3.